The van der Waals surface area contributed by atoms with Crippen molar-refractivity contribution >= 4 is 53.3 Å². The van der Waals surface area contributed by atoms with Crippen LogP contribution in [0.3, 0.4) is 0 Å². The van der Waals surface area contributed by atoms with Crippen LogP contribution in [-0.4, -0.2) is 19.5 Å². The molecule has 8 aromatic carbocycles. The average Bonchev–Trinajstić information content (AvgIpc) is 3.94. The Labute approximate surface area is 345 Å². The highest BCUT2D eigenvalue weighted by Gasteiger charge is 2.19. The van der Waals surface area contributed by atoms with Crippen molar-refractivity contribution in [2.45, 2.75) is 0 Å². The Morgan fingerprint density at radius 2 is 1.04 bits per heavy atom. The molecule has 0 fully saturated rings. The zero-order valence-electron chi connectivity index (χ0n) is 42.2. The van der Waals surface area contributed by atoms with Crippen LogP contribution in [0.4, 0.5) is 0 Å². The Kier molecular flexibility index (Phi) is 5.12. The van der Waals surface area contributed by atoms with Crippen molar-refractivity contribution in [2.75, 3.05) is 0 Å². The molecule has 0 aliphatic carbocycles. The lowest BCUT2D eigenvalue weighted by Gasteiger charge is -2.14. The molecule has 0 saturated carbocycles. The zero-order valence-corrected chi connectivity index (χ0v) is 30.0. The van der Waals surface area contributed by atoms with E-state index < -0.39 is 66.5 Å². The van der Waals surface area contributed by atoms with Crippen LogP contribution in [0.25, 0.3) is 104 Å². The highest BCUT2D eigenvalue weighted by Crippen LogP contribution is 2.42. The van der Waals surface area contributed by atoms with E-state index in [1.165, 1.54) is 4.57 Å². The fourth-order valence-electron chi connectivity index (χ4n) is 7.26. The van der Waals surface area contributed by atoms with E-state index in [0.29, 0.717) is 39.6 Å². The van der Waals surface area contributed by atoms with Crippen molar-refractivity contribution in [1.82, 2.24) is 19.5 Å². The predicted molar refractivity (Wildman–Crippen MR) is 234 cm³/mol. The summed E-state index contributed by atoms with van der Waals surface area (Å²) < 4.78 is 116. The van der Waals surface area contributed by atoms with Crippen LogP contribution in [0.1, 0.15) is 17.8 Å². The Balaban J connectivity index is 1.10. The third kappa shape index (κ3) is 5.40. The number of nitrogens with zero attached hydrogens (tertiary/aromatic N) is 4. The molecule has 3 heterocycles. The van der Waals surface area contributed by atoms with Gasteiger partial charge in [0.25, 0.3) is 0 Å². The molecule has 0 aliphatic heterocycles. The molecule has 0 atom stereocenters. The highest BCUT2D eigenvalue weighted by atomic mass is 32.1. The molecule has 0 N–H and O–H groups in total. The number of rotatable bonds is 6. The van der Waals surface area contributed by atoms with Gasteiger partial charge in [0.1, 0.15) is 0 Å². The summed E-state index contributed by atoms with van der Waals surface area (Å²) in [5.41, 5.74) is 4.41. The van der Waals surface area contributed by atoms with Gasteiger partial charge in [-0.2, -0.15) is 0 Å². The first-order chi connectivity index (χ1) is 33.2. The molecule has 0 aliphatic rings. The molecular formula is C51H32N4S. The molecule has 3 aromatic heterocycles. The number of aromatic nitrogens is 4. The van der Waals surface area contributed by atoms with Crippen molar-refractivity contribution in [1.29, 1.82) is 0 Å². The molecule has 0 bridgehead atoms. The number of thiophene rings is 1. The summed E-state index contributed by atoms with van der Waals surface area (Å²) in [6.45, 7) is 0. The van der Waals surface area contributed by atoms with Crippen molar-refractivity contribution in [2.24, 2.45) is 0 Å². The molecule has 0 amide bonds. The third-order valence-electron chi connectivity index (χ3n) is 9.80. The van der Waals surface area contributed by atoms with Crippen LogP contribution in [0.5, 0.6) is 0 Å². The van der Waals surface area contributed by atoms with Gasteiger partial charge in [0, 0.05) is 47.6 Å². The first-order valence-corrected chi connectivity index (χ1v) is 18.5. The normalized spacial score (nSPS) is 14.8. The molecule has 4 nitrogen and oxygen atoms in total. The van der Waals surface area contributed by atoms with Gasteiger partial charge >= 0.3 is 0 Å². The number of hydrogen-bond donors (Lipinski definition) is 0. The minimum Gasteiger partial charge on any atom is -0.309 e. The van der Waals surface area contributed by atoms with Gasteiger partial charge in [0.15, 0.2) is 17.5 Å². The Morgan fingerprint density at radius 1 is 0.411 bits per heavy atom. The minimum absolute atomic E-state index is 0.0265. The van der Waals surface area contributed by atoms with Crippen LogP contribution in [-0.2, 0) is 0 Å². The molecule has 0 unspecified atom stereocenters. The second-order valence-corrected chi connectivity index (χ2v) is 14.1. The summed E-state index contributed by atoms with van der Waals surface area (Å²) in [7, 11) is 0. The summed E-state index contributed by atoms with van der Waals surface area (Å²) in [5, 5.41) is 1.72. The quantitative estimate of drug-likeness (QED) is 0.170. The summed E-state index contributed by atoms with van der Waals surface area (Å²) in [6.07, 6.45) is 0. The fraction of sp³-hybridized carbons (Fsp3) is 0. The highest BCUT2D eigenvalue weighted by molar-refractivity contribution is 7.26. The Bertz CT molecular complexity index is 3920. The Morgan fingerprint density at radius 3 is 1.84 bits per heavy atom. The summed E-state index contributed by atoms with van der Waals surface area (Å²) in [4.78, 5) is 15.0. The van der Waals surface area contributed by atoms with Crippen molar-refractivity contribution < 1.29 is 17.8 Å². The van der Waals surface area contributed by atoms with E-state index in [9.17, 15) is 0 Å². The van der Waals surface area contributed by atoms with Crippen LogP contribution >= 0.6 is 11.3 Å². The van der Waals surface area contributed by atoms with Crippen molar-refractivity contribution in [3.05, 3.63) is 194 Å². The maximum absolute atomic E-state index is 9.12. The first-order valence-electron chi connectivity index (χ1n) is 24.2. The van der Waals surface area contributed by atoms with Gasteiger partial charge in [0.2, 0.25) is 0 Å². The molecule has 0 spiro atoms. The van der Waals surface area contributed by atoms with Gasteiger partial charge in [-0.25, -0.2) is 15.0 Å². The van der Waals surface area contributed by atoms with E-state index in [1.807, 2.05) is 84.9 Å². The Hall–Kier alpha value is -7.21. The SMILES string of the molecule is [2H]c1c([2H])c([2H])c(-c2ccc3sc4c(-c5cccc(-c6nc(-c7ccccc7)nc(-c7ccccc7-n7c8c([2H])c([2H])c([2H])c([2H])c8c8c([2H])c([2H])c([2H])c([2H])c87)n6)c5)cccc4c3c2)c([2H])c1[2H]. The van der Waals surface area contributed by atoms with Gasteiger partial charge in [-0.15, -0.1) is 11.3 Å². The summed E-state index contributed by atoms with van der Waals surface area (Å²) >= 11 is 1.58. The van der Waals surface area contributed by atoms with Crippen LogP contribution in [0.2, 0.25) is 0 Å². The fourth-order valence-corrected chi connectivity index (χ4v) is 8.48. The van der Waals surface area contributed by atoms with Crippen LogP contribution in [0.15, 0.2) is 194 Å². The molecule has 11 aromatic rings. The summed E-state index contributed by atoms with van der Waals surface area (Å²) in [5.74, 6) is 0.842. The average molecular weight is 746 g/mol. The molecule has 0 saturated heterocycles. The molecule has 0 radical (unpaired) electrons. The molecule has 11 rings (SSSR count). The second kappa shape index (κ2) is 13.3. The summed E-state index contributed by atoms with van der Waals surface area (Å²) in [6, 6.07) is 30.0. The maximum atomic E-state index is 9.12. The number of hydrogen-bond acceptors (Lipinski definition) is 4. The van der Waals surface area contributed by atoms with Gasteiger partial charge in [-0.3, -0.25) is 0 Å². The van der Waals surface area contributed by atoms with Crippen molar-refractivity contribution in [3.8, 4) is 62.1 Å². The lowest BCUT2D eigenvalue weighted by atomic mass is 9.99. The predicted octanol–water partition coefficient (Wildman–Crippen LogP) is 13.7. The van der Waals surface area contributed by atoms with E-state index >= 15 is 0 Å². The topological polar surface area (TPSA) is 43.6 Å². The van der Waals surface area contributed by atoms with E-state index in [-0.39, 0.29) is 45.3 Å². The monoisotopic (exact) mass is 745 g/mol. The lowest BCUT2D eigenvalue weighted by Crippen LogP contribution is -2.03. The molecular weight excluding hydrogens is 701 g/mol. The van der Waals surface area contributed by atoms with E-state index in [0.717, 1.165) is 31.3 Å². The molecule has 262 valence electrons. The van der Waals surface area contributed by atoms with Crippen molar-refractivity contribution in [3.63, 3.8) is 0 Å². The van der Waals surface area contributed by atoms with Crippen LogP contribution < -0.4 is 0 Å². The number of fused-ring (bicyclic) bond motifs is 6. The van der Waals surface area contributed by atoms with E-state index in [1.54, 1.807) is 41.7 Å². The van der Waals surface area contributed by atoms with Gasteiger partial charge < -0.3 is 4.57 Å². The molecule has 56 heavy (non-hydrogen) atoms. The maximum Gasteiger partial charge on any atom is 0.166 e. The van der Waals surface area contributed by atoms with Crippen LogP contribution in [0, 0.1) is 0 Å². The third-order valence-corrected chi connectivity index (χ3v) is 11.0. The number of benzene rings is 8. The second-order valence-electron chi connectivity index (χ2n) is 13.0. The smallest absolute Gasteiger partial charge is 0.166 e. The standard InChI is InChI=1S/C51H32N4S/c1-3-15-33(16-4-1)35-29-30-47-43(32-35)41-25-14-24-38(48(41)56-47)36-19-13-20-37(31-36)50-52-49(34-17-5-2-6-18-34)53-51(54-50)42-23-9-12-28-46(42)55-44-26-10-7-21-39(44)40-22-8-11-27-45(40)55/h1-32H/i1D,3D,4D,7D,8D,10D,11D,15D,16D,21D,22D,26D,27D. The minimum atomic E-state index is -0.533. The zero-order chi connectivity index (χ0) is 48.3. The van der Waals surface area contributed by atoms with E-state index in [4.69, 9.17) is 32.8 Å². The first kappa shape index (κ1) is 21.6. The lowest BCUT2D eigenvalue weighted by molar-refractivity contribution is 1.06. The largest absolute Gasteiger partial charge is 0.309 e. The van der Waals surface area contributed by atoms with Gasteiger partial charge in [-0.1, -0.05) is 151 Å². The number of para-hydroxylation sites is 3. The van der Waals surface area contributed by atoms with E-state index in [2.05, 4.69) is 0 Å². The molecule has 5 heteroatoms. The van der Waals surface area contributed by atoms with Gasteiger partial charge in [0.05, 0.1) is 34.5 Å². The van der Waals surface area contributed by atoms with Gasteiger partial charge in [-0.05, 0) is 64.7 Å².